The van der Waals surface area contributed by atoms with Gasteiger partial charge in [0.2, 0.25) is 5.89 Å². The molecule has 0 fully saturated rings. The molecule has 3 rings (SSSR count). The van der Waals surface area contributed by atoms with Crippen LogP contribution in [0.25, 0.3) is 22.6 Å². The monoisotopic (exact) mass is 221 g/mol. The van der Waals surface area contributed by atoms with Crippen molar-refractivity contribution in [1.82, 2.24) is 10.2 Å². The molecule has 3 nitrogen and oxygen atoms in total. The molecule has 0 amide bonds. The van der Waals surface area contributed by atoms with Crippen LogP contribution in [-0.4, -0.2) is 10.2 Å². The lowest BCUT2D eigenvalue weighted by Gasteiger charge is -2.01. The Bertz CT molecular complexity index is 586. The zero-order chi connectivity index (χ0) is 11.5. The van der Waals surface area contributed by atoms with Gasteiger partial charge in [0.25, 0.3) is 0 Å². The largest absolute Gasteiger partial charge is 0.412 e. The van der Waals surface area contributed by atoms with E-state index >= 15 is 0 Å². The lowest BCUT2D eigenvalue weighted by molar-refractivity contribution is 0.559. The Kier molecular flexibility index (Phi) is 2.43. The van der Waals surface area contributed by atoms with Crippen molar-refractivity contribution in [2.75, 3.05) is 0 Å². The molecule has 3 aromatic rings. The predicted octanol–water partition coefficient (Wildman–Crippen LogP) is 3.20. The highest BCUT2D eigenvalue weighted by Crippen LogP contribution is 2.23. The van der Waals surface area contributed by atoms with Gasteiger partial charge in [-0.3, -0.25) is 0 Å². The van der Waals surface area contributed by atoms with E-state index in [9.17, 15) is 0 Å². The molecule has 0 bridgehead atoms. The smallest absolute Gasteiger partial charge is 0.306 e. The van der Waals surface area contributed by atoms with Crippen LogP contribution >= 0.6 is 0 Å². The Hall–Kier alpha value is -2.42. The fraction of sp³-hybridized carbons (Fsp3) is 0. The third-order valence-corrected chi connectivity index (χ3v) is 2.56. The maximum atomic E-state index is 5.02. The molecule has 3 heteroatoms. The molecule has 81 valence electrons. The van der Waals surface area contributed by atoms with E-state index in [1.807, 2.05) is 42.5 Å². The van der Waals surface area contributed by atoms with Crippen molar-refractivity contribution < 1.29 is 4.42 Å². The second kappa shape index (κ2) is 4.22. The topological polar surface area (TPSA) is 38.9 Å². The van der Waals surface area contributed by atoms with Crippen molar-refractivity contribution in [2.45, 2.75) is 0 Å². The number of benzene rings is 2. The fourth-order valence-electron chi connectivity index (χ4n) is 1.70. The van der Waals surface area contributed by atoms with E-state index < -0.39 is 0 Å². The van der Waals surface area contributed by atoms with Crippen LogP contribution in [0.4, 0.5) is 0 Å². The molecule has 0 aliphatic rings. The Morgan fingerprint density at radius 3 is 2.06 bits per heavy atom. The van der Waals surface area contributed by atoms with E-state index in [0.717, 1.165) is 11.1 Å². The molecule has 0 unspecified atom stereocenters. The first kappa shape index (κ1) is 9.78. The molecular formula is C14H9N2O. The quantitative estimate of drug-likeness (QED) is 0.667. The molecule has 0 N–H and O–H groups in total. The summed E-state index contributed by atoms with van der Waals surface area (Å²) in [6, 6.07) is 18.2. The van der Waals surface area contributed by atoms with Gasteiger partial charge in [-0.1, -0.05) is 42.5 Å². The molecule has 2 aromatic carbocycles. The van der Waals surface area contributed by atoms with Gasteiger partial charge >= 0.3 is 6.39 Å². The maximum Gasteiger partial charge on any atom is 0.306 e. The fourth-order valence-corrected chi connectivity index (χ4v) is 1.70. The number of hydrogen-bond acceptors (Lipinski definition) is 3. The van der Waals surface area contributed by atoms with Crippen molar-refractivity contribution in [3.05, 3.63) is 61.0 Å². The molecule has 0 aliphatic carbocycles. The van der Waals surface area contributed by atoms with E-state index in [-0.39, 0.29) is 0 Å². The van der Waals surface area contributed by atoms with Crippen molar-refractivity contribution in [3.63, 3.8) is 0 Å². The third kappa shape index (κ3) is 1.95. The summed E-state index contributed by atoms with van der Waals surface area (Å²) >= 11 is 0. The highest BCUT2D eigenvalue weighted by Gasteiger charge is 2.03. The van der Waals surface area contributed by atoms with E-state index in [1.54, 1.807) is 0 Å². The van der Waals surface area contributed by atoms with Gasteiger partial charge in [-0.2, -0.15) is 0 Å². The summed E-state index contributed by atoms with van der Waals surface area (Å²) in [7, 11) is 0. The van der Waals surface area contributed by atoms with Crippen LogP contribution in [-0.2, 0) is 0 Å². The van der Waals surface area contributed by atoms with Gasteiger partial charge in [0.15, 0.2) is 0 Å². The molecule has 0 atom stereocenters. The molecule has 1 radical (unpaired) electrons. The number of aromatic nitrogens is 2. The summed E-state index contributed by atoms with van der Waals surface area (Å²) in [5.74, 6) is 0.490. The second-order valence-corrected chi connectivity index (χ2v) is 3.64. The van der Waals surface area contributed by atoms with Crippen LogP contribution in [0.1, 0.15) is 0 Å². The van der Waals surface area contributed by atoms with Gasteiger partial charge in [0.05, 0.1) is 0 Å². The Morgan fingerprint density at radius 1 is 0.765 bits per heavy atom. The van der Waals surface area contributed by atoms with Gasteiger partial charge in [-0.25, -0.2) is 0 Å². The Balaban J connectivity index is 1.96. The summed E-state index contributed by atoms with van der Waals surface area (Å²) < 4.78 is 5.02. The molecule has 17 heavy (non-hydrogen) atoms. The van der Waals surface area contributed by atoms with Gasteiger partial charge in [-0.15, -0.1) is 10.2 Å². The zero-order valence-corrected chi connectivity index (χ0v) is 9.00. The minimum absolute atomic E-state index is 0.490. The number of nitrogens with zero attached hydrogens (tertiary/aromatic N) is 2. The van der Waals surface area contributed by atoms with Gasteiger partial charge in [-0.05, 0) is 23.3 Å². The summed E-state index contributed by atoms with van der Waals surface area (Å²) in [5, 5.41) is 7.35. The summed E-state index contributed by atoms with van der Waals surface area (Å²) in [6.45, 7) is 0. The standard InChI is InChI=1S/C14H9N2O/c1-2-4-11(5-3-1)12-6-8-13(9-7-12)14-16-15-10-17-14/h1-9H. The Labute approximate surface area is 98.7 Å². The minimum Gasteiger partial charge on any atom is -0.412 e. The third-order valence-electron chi connectivity index (χ3n) is 2.56. The predicted molar refractivity (Wildman–Crippen MR) is 64.0 cm³/mol. The molecule has 1 aromatic heterocycles. The van der Waals surface area contributed by atoms with Crippen LogP contribution in [0.15, 0.2) is 59.0 Å². The number of hydrogen-bond donors (Lipinski definition) is 0. The van der Waals surface area contributed by atoms with Crippen molar-refractivity contribution >= 4 is 0 Å². The van der Waals surface area contributed by atoms with Gasteiger partial charge in [0.1, 0.15) is 0 Å². The molecule has 0 spiro atoms. The molecular weight excluding hydrogens is 212 g/mol. The van der Waals surface area contributed by atoms with Gasteiger partial charge < -0.3 is 4.42 Å². The summed E-state index contributed by atoms with van der Waals surface area (Å²) in [4.78, 5) is 0. The van der Waals surface area contributed by atoms with Crippen LogP contribution in [0.2, 0.25) is 0 Å². The van der Waals surface area contributed by atoms with E-state index in [0.29, 0.717) is 5.89 Å². The maximum absolute atomic E-state index is 5.02. The van der Waals surface area contributed by atoms with Crippen molar-refractivity contribution in [2.24, 2.45) is 0 Å². The first-order valence-corrected chi connectivity index (χ1v) is 5.29. The van der Waals surface area contributed by atoms with E-state index in [1.165, 1.54) is 5.56 Å². The molecule has 0 saturated heterocycles. The lowest BCUT2D eigenvalue weighted by Crippen LogP contribution is -1.80. The highest BCUT2D eigenvalue weighted by molar-refractivity contribution is 5.66. The van der Waals surface area contributed by atoms with Crippen LogP contribution < -0.4 is 0 Å². The SMILES string of the molecule is [c]1nnc(-c2ccc(-c3ccccc3)cc2)o1. The molecule has 1 heterocycles. The zero-order valence-electron chi connectivity index (χ0n) is 9.00. The van der Waals surface area contributed by atoms with Crippen LogP contribution in [0, 0.1) is 6.39 Å². The second-order valence-electron chi connectivity index (χ2n) is 3.64. The van der Waals surface area contributed by atoms with Crippen molar-refractivity contribution in [1.29, 1.82) is 0 Å². The normalized spacial score (nSPS) is 10.4. The lowest BCUT2D eigenvalue weighted by atomic mass is 10.0. The van der Waals surface area contributed by atoms with E-state index in [4.69, 9.17) is 4.42 Å². The highest BCUT2D eigenvalue weighted by atomic mass is 16.4. The van der Waals surface area contributed by atoms with Crippen molar-refractivity contribution in [3.8, 4) is 22.6 Å². The number of rotatable bonds is 2. The Morgan fingerprint density at radius 2 is 1.41 bits per heavy atom. The average molecular weight is 221 g/mol. The minimum atomic E-state index is 0.490. The summed E-state index contributed by atoms with van der Waals surface area (Å²) in [6.07, 6.45) is 2.34. The first-order chi connectivity index (χ1) is 8.43. The van der Waals surface area contributed by atoms with Crippen LogP contribution in [0.3, 0.4) is 0 Å². The first-order valence-electron chi connectivity index (χ1n) is 5.29. The molecule has 0 saturated carbocycles. The summed E-state index contributed by atoms with van der Waals surface area (Å²) in [5.41, 5.74) is 3.26. The van der Waals surface area contributed by atoms with Gasteiger partial charge in [0, 0.05) is 5.56 Å². The van der Waals surface area contributed by atoms with Crippen LogP contribution in [0.5, 0.6) is 0 Å². The van der Waals surface area contributed by atoms with E-state index in [2.05, 4.69) is 28.7 Å². The average Bonchev–Trinajstić information content (AvgIpc) is 2.94. The molecule has 0 aliphatic heterocycles.